The fraction of sp³-hybridized carbons (Fsp3) is 0.517. The Morgan fingerprint density at radius 3 is 2.37 bits per heavy atom. The van der Waals surface area contributed by atoms with E-state index in [1.807, 2.05) is 6.26 Å². The molecule has 2 amide bonds. The normalized spacial score (nSPS) is 19.8. The Morgan fingerprint density at radius 2 is 1.78 bits per heavy atom. The molecule has 3 unspecified atom stereocenters. The molecule has 0 saturated heterocycles. The van der Waals surface area contributed by atoms with Crippen molar-refractivity contribution < 1.29 is 31.2 Å². The molecule has 0 bridgehead atoms. The average molecular weight is 614 g/mol. The number of amides is 2. The van der Waals surface area contributed by atoms with E-state index >= 15 is 0 Å². The van der Waals surface area contributed by atoms with Crippen LogP contribution in [-0.2, 0) is 20.8 Å². The van der Waals surface area contributed by atoms with Gasteiger partial charge in [-0.3, -0.25) is 14.5 Å². The highest BCUT2D eigenvalue weighted by molar-refractivity contribution is 7.98. The van der Waals surface area contributed by atoms with E-state index in [9.17, 15) is 31.2 Å². The first-order chi connectivity index (χ1) is 19.2. The lowest BCUT2D eigenvalue weighted by molar-refractivity contribution is -0.137. The van der Waals surface area contributed by atoms with Gasteiger partial charge in [0.1, 0.15) is 0 Å². The predicted molar refractivity (Wildman–Crippen MR) is 155 cm³/mol. The van der Waals surface area contributed by atoms with Gasteiger partial charge in [0, 0.05) is 28.6 Å². The predicted octanol–water partition coefficient (Wildman–Crippen LogP) is 5.01. The van der Waals surface area contributed by atoms with Crippen LogP contribution in [-0.4, -0.2) is 68.4 Å². The highest BCUT2D eigenvalue weighted by atomic mass is 32.2. The summed E-state index contributed by atoms with van der Waals surface area (Å²) < 4.78 is 65.8. The molecular weight excluding hydrogens is 575 g/mol. The average Bonchev–Trinajstić information content (AvgIpc) is 2.92. The minimum Gasteiger partial charge on any atom is -0.352 e. The van der Waals surface area contributed by atoms with Crippen LogP contribution >= 0.6 is 11.8 Å². The number of benzene rings is 2. The molecule has 0 aromatic heterocycles. The van der Waals surface area contributed by atoms with E-state index < -0.39 is 46.0 Å². The quantitative estimate of drug-likeness (QED) is 0.346. The molecule has 41 heavy (non-hydrogen) atoms. The Bertz CT molecular complexity index is 1300. The molecule has 3 rings (SSSR count). The first kappa shape index (κ1) is 32.9. The van der Waals surface area contributed by atoms with Crippen LogP contribution in [0.25, 0.3) is 0 Å². The highest BCUT2D eigenvalue weighted by Crippen LogP contribution is 2.32. The molecule has 0 heterocycles. The van der Waals surface area contributed by atoms with E-state index in [-0.39, 0.29) is 34.2 Å². The van der Waals surface area contributed by atoms with Crippen molar-refractivity contribution in [2.45, 2.75) is 74.1 Å². The van der Waals surface area contributed by atoms with Crippen molar-refractivity contribution in [2.75, 3.05) is 25.1 Å². The second-order valence-corrected chi connectivity index (χ2v) is 13.5. The minimum absolute atomic E-state index is 0.140. The monoisotopic (exact) mass is 613 g/mol. The number of nitrogens with zero attached hydrogens (tertiary/aromatic N) is 1. The van der Waals surface area contributed by atoms with Crippen LogP contribution in [0.4, 0.5) is 13.2 Å². The Morgan fingerprint density at radius 1 is 1.10 bits per heavy atom. The number of hydrogen-bond donors (Lipinski definition) is 2. The number of nitrogens with one attached hydrogen (secondary N) is 2. The molecule has 1 aliphatic carbocycles. The van der Waals surface area contributed by atoms with Gasteiger partial charge in [-0.25, -0.2) is 8.42 Å². The summed E-state index contributed by atoms with van der Waals surface area (Å²) in [6, 6.07) is 10.7. The number of thioether (sulfide) groups is 1. The van der Waals surface area contributed by atoms with Crippen molar-refractivity contribution >= 4 is 33.4 Å². The third-order valence-corrected chi connectivity index (χ3v) is 10.1. The third kappa shape index (κ3) is 8.96. The van der Waals surface area contributed by atoms with Gasteiger partial charge in [0.25, 0.3) is 5.91 Å². The van der Waals surface area contributed by atoms with E-state index in [0.717, 1.165) is 36.1 Å². The number of carbonyl (C=O) groups excluding carboxylic acids is 2. The lowest BCUT2D eigenvalue weighted by Crippen LogP contribution is -2.53. The van der Waals surface area contributed by atoms with Gasteiger partial charge in [-0.05, 0) is 94.3 Å². The summed E-state index contributed by atoms with van der Waals surface area (Å²) in [4.78, 5) is 28.8. The summed E-state index contributed by atoms with van der Waals surface area (Å²) in [6.07, 6.45) is -0.772. The van der Waals surface area contributed by atoms with Crippen molar-refractivity contribution in [1.82, 2.24) is 15.5 Å². The van der Waals surface area contributed by atoms with Crippen LogP contribution in [0.15, 0.2) is 58.3 Å². The molecule has 0 aliphatic heterocycles. The molecule has 3 atom stereocenters. The number of carbonyl (C=O) groups is 2. The zero-order valence-corrected chi connectivity index (χ0v) is 25.3. The number of halogens is 3. The van der Waals surface area contributed by atoms with Gasteiger partial charge in [0.15, 0.2) is 9.84 Å². The Balaban J connectivity index is 1.72. The second kappa shape index (κ2) is 14.1. The number of alkyl halides is 3. The lowest BCUT2D eigenvalue weighted by Gasteiger charge is -2.43. The largest absolute Gasteiger partial charge is 0.416 e. The van der Waals surface area contributed by atoms with Crippen molar-refractivity contribution in [2.24, 2.45) is 5.92 Å². The molecule has 226 valence electrons. The molecule has 1 fully saturated rings. The number of sulfone groups is 1. The zero-order chi connectivity index (χ0) is 30.4. The Kier molecular flexibility index (Phi) is 11.3. The first-order valence-corrected chi connectivity index (χ1v) is 16.5. The SMILES string of the molecule is CCN(C(C)C)C1CCC(NC(=O)CNC(=O)c2cccc(C(F)(F)F)c2)C(CS(=O)(=O)c2ccc(SC)cc2)C1. The van der Waals surface area contributed by atoms with E-state index in [4.69, 9.17) is 0 Å². The second-order valence-electron chi connectivity index (χ2n) is 10.5. The summed E-state index contributed by atoms with van der Waals surface area (Å²) in [5.41, 5.74) is -1.17. The minimum atomic E-state index is -4.60. The van der Waals surface area contributed by atoms with Crippen LogP contribution in [0.3, 0.4) is 0 Å². The summed E-state index contributed by atoms with van der Waals surface area (Å²) in [5, 5.41) is 5.26. The van der Waals surface area contributed by atoms with Crippen molar-refractivity contribution in [3.05, 3.63) is 59.7 Å². The topological polar surface area (TPSA) is 95.6 Å². The molecule has 0 radical (unpaired) electrons. The Labute approximate surface area is 244 Å². The molecule has 1 saturated carbocycles. The third-order valence-electron chi connectivity index (χ3n) is 7.51. The van der Waals surface area contributed by atoms with Crippen molar-refractivity contribution in [1.29, 1.82) is 0 Å². The maximum atomic E-state index is 13.4. The fourth-order valence-corrected chi connectivity index (χ4v) is 7.56. The molecular formula is C29H38F3N3O4S2. The zero-order valence-electron chi connectivity index (χ0n) is 23.7. The maximum absolute atomic E-state index is 13.4. The smallest absolute Gasteiger partial charge is 0.352 e. The van der Waals surface area contributed by atoms with Gasteiger partial charge < -0.3 is 10.6 Å². The van der Waals surface area contributed by atoms with E-state index in [2.05, 4.69) is 36.3 Å². The van der Waals surface area contributed by atoms with E-state index in [0.29, 0.717) is 12.8 Å². The molecule has 2 N–H and O–H groups in total. The lowest BCUT2D eigenvalue weighted by atomic mass is 9.81. The van der Waals surface area contributed by atoms with Gasteiger partial charge in [0.2, 0.25) is 5.91 Å². The molecule has 7 nitrogen and oxygen atoms in total. The summed E-state index contributed by atoms with van der Waals surface area (Å²) >= 11 is 1.52. The Hall–Kier alpha value is -2.57. The van der Waals surface area contributed by atoms with Gasteiger partial charge in [-0.1, -0.05) is 13.0 Å². The molecule has 0 spiro atoms. The fourth-order valence-electron chi connectivity index (χ4n) is 5.48. The maximum Gasteiger partial charge on any atom is 0.416 e. The summed E-state index contributed by atoms with van der Waals surface area (Å²) in [7, 11) is -3.65. The standard InChI is InChI=1S/C29H38F3N3O4S2/c1-5-35(19(2)3)23-9-14-26(21(16-23)18-41(38,39)25-12-10-24(40-4)11-13-25)34-27(36)17-33-28(37)20-7-6-8-22(15-20)29(30,31)32/h6-8,10-13,15,19,21,23,26H,5,9,14,16-18H2,1-4H3,(H,33,37)(H,34,36). The van der Waals surface area contributed by atoms with Crippen LogP contribution < -0.4 is 10.6 Å². The first-order valence-electron chi connectivity index (χ1n) is 13.6. The van der Waals surface area contributed by atoms with Crippen molar-refractivity contribution in [3.8, 4) is 0 Å². The number of rotatable bonds is 11. The molecule has 2 aromatic rings. The van der Waals surface area contributed by atoms with E-state index in [1.165, 1.54) is 17.8 Å². The van der Waals surface area contributed by atoms with Crippen LogP contribution in [0.1, 0.15) is 56.0 Å². The van der Waals surface area contributed by atoms with Gasteiger partial charge >= 0.3 is 6.18 Å². The highest BCUT2D eigenvalue weighted by Gasteiger charge is 2.37. The van der Waals surface area contributed by atoms with Gasteiger partial charge in [0.05, 0.1) is 22.8 Å². The summed E-state index contributed by atoms with van der Waals surface area (Å²) in [5.74, 6) is -1.84. The van der Waals surface area contributed by atoms with Crippen molar-refractivity contribution in [3.63, 3.8) is 0 Å². The van der Waals surface area contributed by atoms with Crippen LogP contribution in [0.5, 0.6) is 0 Å². The molecule has 1 aliphatic rings. The van der Waals surface area contributed by atoms with Gasteiger partial charge in [-0.15, -0.1) is 11.8 Å². The van der Waals surface area contributed by atoms with Crippen LogP contribution in [0, 0.1) is 5.92 Å². The molecule has 12 heteroatoms. The van der Waals surface area contributed by atoms with Gasteiger partial charge in [-0.2, -0.15) is 13.2 Å². The molecule has 2 aromatic carbocycles. The number of hydrogen-bond acceptors (Lipinski definition) is 6. The van der Waals surface area contributed by atoms with E-state index in [1.54, 1.807) is 24.3 Å². The van der Waals surface area contributed by atoms with Crippen LogP contribution in [0.2, 0.25) is 0 Å². The summed E-state index contributed by atoms with van der Waals surface area (Å²) in [6.45, 7) is 6.64.